The first-order valence-corrected chi connectivity index (χ1v) is 9.89. The fourth-order valence-electron chi connectivity index (χ4n) is 3.10. The maximum Gasteiger partial charge on any atom is 0.165 e. The largest absolute Gasteiger partial charge is 0.272 e. The van der Waals surface area contributed by atoms with Crippen LogP contribution in [0.5, 0.6) is 0 Å². The van der Waals surface area contributed by atoms with E-state index in [4.69, 9.17) is 10.1 Å². The average Bonchev–Trinajstić information content (AvgIpc) is 3.09. The van der Waals surface area contributed by atoms with E-state index in [2.05, 4.69) is 72.8 Å². The molecule has 0 aliphatic rings. The van der Waals surface area contributed by atoms with Crippen LogP contribution in [0.3, 0.4) is 0 Å². The maximum absolute atomic E-state index is 5.74. The van der Waals surface area contributed by atoms with Crippen molar-refractivity contribution >= 4 is 33.5 Å². The molecule has 0 unspecified atom stereocenters. The Hall–Kier alpha value is -2.14. The highest BCUT2D eigenvalue weighted by atomic mass is 32.2. The molecule has 4 heteroatoms. The first kappa shape index (κ1) is 16.3. The Kier molecular flexibility index (Phi) is 4.83. The minimum atomic E-state index is 0.888. The molecule has 1 heterocycles. The van der Waals surface area contributed by atoms with Crippen molar-refractivity contribution in [1.29, 1.82) is 0 Å². The van der Waals surface area contributed by atoms with Crippen molar-refractivity contribution in [1.82, 2.24) is 4.98 Å². The first-order chi connectivity index (χ1) is 12.3. The fourth-order valence-corrected chi connectivity index (χ4v) is 4.43. The lowest BCUT2D eigenvalue weighted by molar-refractivity contribution is 1.09. The van der Waals surface area contributed by atoms with Gasteiger partial charge >= 0.3 is 0 Å². The standard InChI is InChI=1S/C21H18N2S2/c22-25-21-23-20-18(14-16-9-5-2-6-10-16)17(11-12-19(20)24-21)13-15-7-3-1-4-8-15/h1-12H,13-14,22H2. The van der Waals surface area contributed by atoms with Gasteiger partial charge in [-0.1, -0.05) is 66.7 Å². The van der Waals surface area contributed by atoms with Crippen LogP contribution in [0, 0.1) is 0 Å². The van der Waals surface area contributed by atoms with Crippen LogP contribution in [0.4, 0.5) is 0 Å². The molecular formula is C21H18N2S2. The summed E-state index contributed by atoms with van der Waals surface area (Å²) >= 11 is 2.89. The molecule has 0 saturated carbocycles. The summed E-state index contributed by atoms with van der Waals surface area (Å²) in [7, 11) is 0. The second-order valence-electron chi connectivity index (χ2n) is 5.97. The smallest absolute Gasteiger partial charge is 0.165 e. The summed E-state index contributed by atoms with van der Waals surface area (Å²) in [5.74, 6) is 0. The molecule has 0 saturated heterocycles. The van der Waals surface area contributed by atoms with E-state index < -0.39 is 0 Å². The van der Waals surface area contributed by atoms with Crippen molar-refractivity contribution in [3.05, 3.63) is 95.1 Å². The number of aromatic nitrogens is 1. The molecule has 0 spiro atoms. The number of hydrogen-bond donors (Lipinski definition) is 1. The molecule has 124 valence electrons. The SMILES string of the molecule is NSc1nc2c(Cc3ccccc3)c(Cc3ccccc3)ccc2s1. The van der Waals surface area contributed by atoms with E-state index in [0.717, 1.165) is 22.7 Å². The van der Waals surface area contributed by atoms with Crippen molar-refractivity contribution in [2.75, 3.05) is 0 Å². The van der Waals surface area contributed by atoms with E-state index in [-0.39, 0.29) is 0 Å². The van der Waals surface area contributed by atoms with Crippen LogP contribution in [0.1, 0.15) is 22.3 Å². The third-order valence-electron chi connectivity index (χ3n) is 4.31. The number of benzene rings is 3. The highest BCUT2D eigenvalue weighted by Crippen LogP contribution is 2.33. The molecule has 0 atom stereocenters. The number of fused-ring (bicyclic) bond motifs is 1. The highest BCUT2D eigenvalue weighted by molar-refractivity contribution is 7.99. The molecular weight excluding hydrogens is 344 g/mol. The molecule has 2 nitrogen and oxygen atoms in total. The molecule has 3 aromatic carbocycles. The minimum Gasteiger partial charge on any atom is -0.272 e. The van der Waals surface area contributed by atoms with Gasteiger partial charge in [0, 0.05) is 0 Å². The van der Waals surface area contributed by atoms with Crippen LogP contribution < -0.4 is 5.14 Å². The van der Waals surface area contributed by atoms with Crippen molar-refractivity contribution in [3.63, 3.8) is 0 Å². The van der Waals surface area contributed by atoms with E-state index in [0.29, 0.717) is 0 Å². The Balaban J connectivity index is 1.81. The van der Waals surface area contributed by atoms with Gasteiger partial charge in [-0.05, 0) is 53.1 Å². The molecule has 4 aromatic rings. The lowest BCUT2D eigenvalue weighted by Crippen LogP contribution is -1.99. The summed E-state index contributed by atoms with van der Waals surface area (Å²) in [4.78, 5) is 4.79. The van der Waals surface area contributed by atoms with Crippen LogP contribution in [-0.2, 0) is 12.8 Å². The Morgan fingerprint density at radius 3 is 2.08 bits per heavy atom. The van der Waals surface area contributed by atoms with E-state index in [1.54, 1.807) is 11.3 Å². The maximum atomic E-state index is 5.74. The molecule has 0 aliphatic carbocycles. The van der Waals surface area contributed by atoms with Crippen LogP contribution in [-0.4, -0.2) is 4.98 Å². The summed E-state index contributed by atoms with van der Waals surface area (Å²) in [6, 6.07) is 25.6. The summed E-state index contributed by atoms with van der Waals surface area (Å²) < 4.78 is 2.12. The average molecular weight is 363 g/mol. The van der Waals surface area contributed by atoms with E-state index in [1.165, 1.54) is 38.9 Å². The van der Waals surface area contributed by atoms with E-state index in [9.17, 15) is 0 Å². The van der Waals surface area contributed by atoms with Gasteiger partial charge in [0.25, 0.3) is 0 Å². The van der Waals surface area contributed by atoms with Gasteiger partial charge in [-0.15, -0.1) is 11.3 Å². The number of nitrogens with two attached hydrogens (primary N) is 1. The van der Waals surface area contributed by atoms with Crippen molar-refractivity contribution in [3.8, 4) is 0 Å². The Morgan fingerprint density at radius 1 is 0.800 bits per heavy atom. The Bertz CT molecular complexity index is 979. The van der Waals surface area contributed by atoms with Crippen LogP contribution in [0.25, 0.3) is 10.2 Å². The molecule has 2 N–H and O–H groups in total. The summed E-state index contributed by atoms with van der Waals surface area (Å²) in [5, 5.41) is 5.74. The van der Waals surface area contributed by atoms with Crippen molar-refractivity contribution < 1.29 is 0 Å². The lowest BCUT2D eigenvalue weighted by Gasteiger charge is -2.11. The van der Waals surface area contributed by atoms with Gasteiger partial charge in [0.05, 0.1) is 10.2 Å². The highest BCUT2D eigenvalue weighted by Gasteiger charge is 2.13. The summed E-state index contributed by atoms with van der Waals surface area (Å²) in [5.41, 5.74) is 6.36. The van der Waals surface area contributed by atoms with Crippen LogP contribution in [0.2, 0.25) is 0 Å². The predicted molar refractivity (Wildman–Crippen MR) is 108 cm³/mol. The van der Waals surface area contributed by atoms with Crippen LogP contribution in [0.15, 0.2) is 77.1 Å². The second kappa shape index (κ2) is 7.40. The van der Waals surface area contributed by atoms with Gasteiger partial charge in [0.2, 0.25) is 0 Å². The molecule has 0 radical (unpaired) electrons. The predicted octanol–water partition coefficient (Wildman–Crippen LogP) is 5.44. The molecule has 0 fully saturated rings. The van der Waals surface area contributed by atoms with Gasteiger partial charge in [0.1, 0.15) is 0 Å². The normalized spacial score (nSPS) is 11.1. The summed E-state index contributed by atoms with van der Waals surface area (Å²) in [6.45, 7) is 0. The zero-order chi connectivity index (χ0) is 17.1. The van der Waals surface area contributed by atoms with Gasteiger partial charge in [-0.25, -0.2) is 4.98 Å². The van der Waals surface area contributed by atoms with Crippen molar-refractivity contribution in [2.45, 2.75) is 17.2 Å². The molecule has 0 bridgehead atoms. The summed E-state index contributed by atoms with van der Waals surface area (Å²) in [6.07, 6.45) is 1.81. The van der Waals surface area contributed by atoms with Gasteiger partial charge in [-0.2, -0.15) is 0 Å². The minimum absolute atomic E-state index is 0.888. The molecule has 0 amide bonds. The van der Waals surface area contributed by atoms with Gasteiger partial charge in [-0.3, -0.25) is 5.14 Å². The second-order valence-corrected chi connectivity index (χ2v) is 7.88. The molecule has 4 rings (SSSR count). The lowest BCUT2D eigenvalue weighted by atomic mass is 9.94. The number of nitrogens with zero attached hydrogens (tertiary/aromatic N) is 1. The molecule has 1 aromatic heterocycles. The topological polar surface area (TPSA) is 38.9 Å². The number of hydrogen-bond acceptors (Lipinski definition) is 4. The monoisotopic (exact) mass is 362 g/mol. The molecule has 0 aliphatic heterocycles. The number of rotatable bonds is 5. The third kappa shape index (κ3) is 3.61. The quantitative estimate of drug-likeness (QED) is 0.480. The van der Waals surface area contributed by atoms with E-state index in [1.807, 2.05) is 0 Å². The zero-order valence-electron chi connectivity index (χ0n) is 13.7. The molecule has 25 heavy (non-hydrogen) atoms. The first-order valence-electron chi connectivity index (χ1n) is 8.19. The number of thiazole rings is 1. The Morgan fingerprint density at radius 2 is 1.44 bits per heavy atom. The Labute approximate surface area is 155 Å². The fraction of sp³-hybridized carbons (Fsp3) is 0.0952. The van der Waals surface area contributed by atoms with Gasteiger partial charge < -0.3 is 0 Å². The van der Waals surface area contributed by atoms with Crippen molar-refractivity contribution in [2.24, 2.45) is 5.14 Å². The van der Waals surface area contributed by atoms with Gasteiger partial charge in [0.15, 0.2) is 4.34 Å². The van der Waals surface area contributed by atoms with Crippen LogP contribution >= 0.6 is 23.3 Å². The van der Waals surface area contributed by atoms with E-state index >= 15 is 0 Å². The zero-order valence-corrected chi connectivity index (χ0v) is 15.3. The third-order valence-corrected chi connectivity index (χ3v) is 5.95.